The first-order valence-corrected chi connectivity index (χ1v) is 12.8. The Morgan fingerprint density at radius 3 is 2.23 bits per heavy atom. The van der Waals surface area contributed by atoms with Crippen molar-refractivity contribution < 1.29 is 16.8 Å². The van der Waals surface area contributed by atoms with Crippen molar-refractivity contribution in [2.75, 3.05) is 17.8 Å². The molecule has 3 aromatic rings. The molecule has 0 spiro atoms. The Balaban J connectivity index is 1.55. The predicted octanol–water partition coefficient (Wildman–Crippen LogP) is 4.06. The maximum absolute atomic E-state index is 12.9. The molecule has 0 radical (unpaired) electrons. The fourth-order valence-corrected chi connectivity index (χ4v) is 6.45. The summed E-state index contributed by atoms with van der Waals surface area (Å²) < 4.78 is 55.3. The largest absolute Gasteiger partial charge is 0.280 e. The lowest BCUT2D eigenvalue weighted by atomic mass is 10.0. The maximum atomic E-state index is 12.9. The topological polar surface area (TPSA) is 83.6 Å². The van der Waals surface area contributed by atoms with E-state index in [4.69, 9.17) is 0 Å². The molecule has 1 aliphatic rings. The van der Waals surface area contributed by atoms with Crippen LogP contribution < -0.4 is 4.72 Å². The Labute approximate surface area is 177 Å². The van der Waals surface area contributed by atoms with Crippen LogP contribution in [0.2, 0.25) is 0 Å². The summed E-state index contributed by atoms with van der Waals surface area (Å²) >= 11 is 0. The number of fused-ring (bicyclic) bond motifs is 1. The van der Waals surface area contributed by atoms with Gasteiger partial charge in [-0.2, -0.15) is 4.31 Å². The number of nitrogens with zero attached hydrogens (tertiary/aromatic N) is 1. The van der Waals surface area contributed by atoms with Gasteiger partial charge in [-0.25, -0.2) is 16.8 Å². The molecular formula is C22H24N2O4S2. The Bertz CT molecular complexity index is 1270. The molecular weight excluding hydrogens is 420 g/mol. The molecule has 158 valence electrons. The van der Waals surface area contributed by atoms with E-state index in [0.29, 0.717) is 24.7 Å². The fourth-order valence-electron chi connectivity index (χ4n) is 3.76. The van der Waals surface area contributed by atoms with Crippen molar-refractivity contribution in [2.24, 2.45) is 5.92 Å². The second-order valence-corrected chi connectivity index (χ2v) is 11.4. The molecule has 3 aromatic carbocycles. The second kappa shape index (κ2) is 8.02. The molecule has 0 aliphatic carbocycles. The van der Waals surface area contributed by atoms with Crippen LogP contribution >= 0.6 is 0 Å². The monoisotopic (exact) mass is 444 g/mol. The highest BCUT2D eigenvalue weighted by atomic mass is 32.2. The van der Waals surface area contributed by atoms with Gasteiger partial charge in [-0.3, -0.25) is 4.72 Å². The number of anilines is 1. The van der Waals surface area contributed by atoms with E-state index in [-0.39, 0.29) is 9.79 Å². The maximum Gasteiger partial charge on any atom is 0.261 e. The first-order valence-electron chi connectivity index (χ1n) is 9.87. The van der Waals surface area contributed by atoms with Crippen molar-refractivity contribution in [2.45, 2.75) is 29.6 Å². The molecule has 1 N–H and O–H groups in total. The van der Waals surface area contributed by atoms with Crippen LogP contribution in [0, 0.1) is 5.92 Å². The lowest BCUT2D eigenvalue weighted by Crippen LogP contribution is -2.39. The van der Waals surface area contributed by atoms with Gasteiger partial charge in [0.1, 0.15) is 0 Å². The van der Waals surface area contributed by atoms with E-state index in [1.165, 1.54) is 28.6 Å². The zero-order valence-electron chi connectivity index (χ0n) is 16.7. The first kappa shape index (κ1) is 20.8. The minimum atomic E-state index is -3.79. The Hall–Kier alpha value is -2.42. The molecule has 4 rings (SSSR count). The van der Waals surface area contributed by atoms with Gasteiger partial charge in [-0.1, -0.05) is 37.3 Å². The molecule has 1 aliphatic heterocycles. The van der Waals surface area contributed by atoms with Gasteiger partial charge in [0.25, 0.3) is 10.0 Å². The summed E-state index contributed by atoms with van der Waals surface area (Å²) in [5.41, 5.74) is 0.314. The number of sulfonamides is 2. The smallest absolute Gasteiger partial charge is 0.261 e. The molecule has 8 heteroatoms. The number of rotatable bonds is 5. The van der Waals surface area contributed by atoms with Crippen LogP contribution in [0.3, 0.4) is 0 Å². The van der Waals surface area contributed by atoms with Crippen molar-refractivity contribution in [3.63, 3.8) is 0 Å². The minimum absolute atomic E-state index is 0.153. The van der Waals surface area contributed by atoms with Gasteiger partial charge < -0.3 is 0 Å². The lowest BCUT2D eigenvalue weighted by molar-refractivity contribution is 0.281. The van der Waals surface area contributed by atoms with E-state index in [1.54, 1.807) is 18.2 Å². The van der Waals surface area contributed by atoms with E-state index in [0.717, 1.165) is 23.6 Å². The average molecular weight is 445 g/mol. The molecule has 1 atom stereocenters. The van der Waals surface area contributed by atoms with Gasteiger partial charge in [-0.15, -0.1) is 0 Å². The molecule has 1 unspecified atom stereocenters. The summed E-state index contributed by atoms with van der Waals surface area (Å²) in [5.74, 6) is 0.335. The molecule has 1 saturated heterocycles. The van der Waals surface area contributed by atoms with Crippen LogP contribution in [0.25, 0.3) is 10.8 Å². The van der Waals surface area contributed by atoms with E-state index in [1.807, 2.05) is 31.2 Å². The second-order valence-electron chi connectivity index (χ2n) is 7.75. The minimum Gasteiger partial charge on any atom is -0.280 e. The highest BCUT2D eigenvalue weighted by molar-refractivity contribution is 7.92. The summed E-state index contributed by atoms with van der Waals surface area (Å²) in [4.78, 5) is 0.324. The Morgan fingerprint density at radius 1 is 0.867 bits per heavy atom. The SMILES string of the molecule is CC1CCCN(S(=O)(=O)c2ccc(NS(=O)(=O)c3ccc4ccccc4c3)cc2)C1. The molecule has 0 amide bonds. The van der Waals surface area contributed by atoms with Crippen molar-refractivity contribution in [3.8, 4) is 0 Å². The van der Waals surface area contributed by atoms with Gasteiger partial charge in [0.2, 0.25) is 10.0 Å². The summed E-state index contributed by atoms with van der Waals surface area (Å²) in [7, 11) is -7.37. The third kappa shape index (κ3) is 4.21. The van der Waals surface area contributed by atoms with Crippen molar-refractivity contribution in [3.05, 3.63) is 66.7 Å². The van der Waals surface area contributed by atoms with Crippen LogP contribution in [-0.4, -0.2) is 34.2 Å². The van der Waals surface area contributed by atoms with Crippen LogP contribution in [0.5, 0.6) is 0 Å². The van der Waals surface area contributed by atoms with Gasteiger partial charge in [0.05, 0.1) is 9.79 Å². The summed E-state index contributed by atoms with van der Waals surface area (Å²) in [6.45, 7) is 3.08. The summed E-state index contributed by atoms with van der Waals surface area (Å²) in [6, 6.07) is 18.3. The molecule has 1 fully saturated rings. The quantitative estimate of drug-likeness (QED) is 0.643. The molecule has 0 saturated carbocycles. The molecule has 0 aromatic heterocycles. The number of nitrogens with one attached hydrogen (secondary N) is 1. The van der Waals surface area contributed by atoms with Gasteiger partial charge in [0.15, 0.2) is 0 Å². The van der Waals surface area contributed by atoms with E-state index in [9.17, 15) is 16.8 Å². The average Bonchev–Trinajstić information content (AvgIpc) is 2.73. The zero-order valence-corrected chi connectivity index (χ0v) is 18.3. The van der Waals surface area contributed by atoms with Crippen molar-refractivity contribution in [1.82, 2.24) is 4.31 Å². The van der Waals surface area contributed by atoms with Crippen LogP contribution in [-0.2, 0) is 20.0 Å². The third-order valence-corrected chi connectivity index (χ3v) is 8.65. The van der Waals surface area contributed by atoms with Gasteiger partial charge in [-0.05, 0) is 65.9 Å². The molecule has 1 heterocycles. The predicted molar refractivity (Wildman–Crippen MR) is 118 cm³/mol. The van der Waals surface area contributed by atoms with Gasteiger partial charge in [0, 0.05) is 18.8 Å². The number of piperidine rings is 1. The van der Waals surface area contributed by atoms with Gasteiger partial charge >= 0.3 is 0 Å². The summed E-state index contributed by atoms with van der Waals surface area (Å²) in [6.07, 6.45) is 1.88. The van der Waals surface area contributed by atoms with E-state index in [2.05, 4.69) is 4.72 Å². The molecule has 6 nitrogen and oxygen atoms in total. The normalized spacial score (nSPS) is 18.4. The lowest BCUT2D eigenvalue weighted by Gasteiger charge is -2.30. The van der Waals surface area contributed by atoms with Crippen LogP contribution in [0.4, 0.5) is 5.69 Å². The third-order valence-electron chi connectivity index (χ3n) is 5.40. The van der Waals surface area contributed by atoms with Crippen LogP contribution in [0.1, 0.15) is 19.8 Å². The first-order chi connectivity index (χ1) is 14.3. The number of hydrogen-bond acceptors (Lipinski definition) is 4. The van der Waals surface area contributed by atoms with E-state index >= 15 is 0 Å². The Kier molecular flexibility index (Phi) is 5.57. The summed E-state index contributed by atoms with van der Waals surface area (Å²) in [5, 5.41) is 1.79. The zero-order chi connectivity index (χ0) is 21.4. The standard InChI is InChI=1S/C22H24N2O4S2/c1-17-5-4-14-24(16-17)30(27,28)21-12-9-20(10-13-21)23-29(25,26)22-11-8-18-6-2-3-7-19(18)15-22/h2-3,6-13,15,17,23H,4-5,14,16H2,1H3. The molecule has 30 heavy (non-hydrogen) atoms. The van der Waals surface area contributed by atoms with E-state index < -0.39 is 20.0 Å². The Morgan fingerprint density at radius 2 is 1.53 bits per heavy atom. The number of benzene rings is 3. The fraction of sp³-hybridized carbons (Fsp3) is 0.273. The highest BCUT2D eigenvalue weighted by Crippen LogP contribution is 2.26. The van der Waals surface area contributed by atoms with Crippen LogP contribution in [0.15, 0.2) is 76.5 Å². The van der Waals surface area contributed by atoms with Crippen molar-refractivity contribution in [1.29, 1.82) is 0 Å². The highest BCUT2D eigenvalue weighted by Gasteiger charge is 2.28. The van der Waals surface area contributed by atoms with Crippen molar-refractivity contribution >= 4 is 36.5 Å². The molecule has 0 bridgehead atoms. The number of hydrogen-bond donors (Lipinski definition) is 1.